The lowest BCUT2D eigenvalue weighted by Gasteiger charge is -2.21. The molecule has 0 atom stereocenters. The van der Waals surface area contributed by atoms with Crippen molar-refractivity contribution in [3.63, 3.8) is 0 Å². The molecule has 0 aliphatic heterocycles. The number of hydrogen-bond donors (Lipinski definition) is 3. The molecule has 0 bridgehead atoms. The summed E-state index contributed by atoms with van der Waals surface area (Å²) in [6.45, 7) is 3.11. The zero-order valence-electron chi connectivity index (χ0n) is 5.84. The van der Waals surface area contributed by atoms with Crippen LogP contribution >= 0.6 is 12.2 Å². The Balaban J connectivity index is 4.13. The summed E-state index contributed by atoms with van der Waals surface area (Å²) in [5.41, 5.74) is 3.88. The first-order chi connectivity index (χ1) is 4.36. The maximum atomic E-state index is 10.3. The zero-order valence-corrected chi connectivity index (χ0v) is 6.66. The smallest absolute Gasteiger partial charge is 0.312 e. The lowest BCUT2D eigenvalue weighted by molar-refractivity contribution is 0.242. The fraction of sp³-hybridized carbons (Fsp3) is 0.600. The molecule has 0 aromatic rings. The van der Waals surface area contributed by atoms with Gasteiger partial charge >= 0.3 is 6.03 Å². The maximum Gasteiger partial charge on any atom is 0.312 e. The molecule has 4 nitrogen and oxygen atoms in total. The highest BCUT2D eigenvalue weighted by Crippen LogP contribution is 2.02. The van der Waals surface area contributed by atoms with E-state index in [1.54, 1.807) is 13.8 Å². The highest BCUT2D eigenvalue weighted by molar-refractivity contribution is 7.80. The first kappa shape index (κ1) is 9.16. The van der Waals surface area contributed by atoms with Gasteiger partial charge in [0.1, 0.15) is 5.54 Å². The number of aliphatic hydroxyl groups excluding tert-OH is 1. The van der Waals surface area contributed by atoms with Crippen molar-refractivity contribution in [2.75, 3.05) is 0 Å². The number of rotatable bonds is 2. The molecule has 0 aromatic heterocycles. The topological polar surface area (TPSA) is 75.3 Å². The monoisotopic (exact) mass is 162 g/mol. The van der Waals surface area contributed by atoms with Crippen LogP contribution in [0.25, 0.3) is 0 Å². The van der Waals surface area contributed by atoms with Crippen LogP contribution in [-0.2, 0) is 0 Å². The first-order valence-electron chi connectivity index (χ1n) is 2.67. The van der Waals surface area contributed by atoms with Crippen LogP contribution in [0.15, 0.2) is 0 Å². The Morgan fingerprint density at radius 1 is 1.70 bits per heavy atom. The SMILES string of the molecule is CC(C)(NC(N)=O)C(O)=S. The van der Waals surface area contributed by atoms with Gasteiger partial charge in [0.05, 0.1) is 0 Å². The van der Waals surface area contributed by atoms with Gasteiger partial charge in [0.2, 0.25) is 0 Å². The molecular weight excluding hydrogens is 152 g/mol. The summed E-state index contributed by atoms with van der Waals surface area (Å²) in [5.74, 6) is 0. The molecule has 0 aromatic carbocycles. The van der Waals surface area contributed by atoms with Gasteiger partial charge in [0.15, 0.2) is 5.05 Å². The molecule has 2 amide bonds. The lowest BCUT2D eigenvalue weighted by atomic mass is 10.1. The minimum Gasteiger partial charge on any atom is -0.500 e. The van der Waals surface area contributed by atoms with E-state index >= 15 is 0 Å². The normalized spacial score (nSPS) is 10.6. The minimum absolute atomic E-state index is 0.286. The second kappa shape index (κ2) is 2.83. The molecule has 0 saturated carbocycles. The lowest BCUT2D eigenvalue weighted by Crippen LogP contribution is -2.51. The number of carbonyl (C=O) groups is 1. The molecule has 0 unspecified atom stereocenters. The van der Waals surface area contributed by atoms with Crippen molar-refractivity contribution in [2.45, 2.75) is 19.4 Å². The molecule has 0 radical (unpaired) electrons. The van der Waals surface area contributed by atoms with Crippen LogP contribution in [0.2, 0.25) is 0 Å². The quantitative estimate of drug-likeness (QED) is 0.512. The van der Waals surface area contributed by atoms with E-state index in [9.17, 15) is 4.79 Å². The maximum absolute atomic E-state index is 10.3. The Morgan fingerprint density at radius 2 is 2.10 bits per heavy atom. The average molecular weight is 162 g/mol. The number of nitrogens with one attached hydrogen (secondary N) is 1. The fourth-order valence-electron chi connectivity index (χ4n) is 0.361. The van der Waals surface area contributed by atoms with Crippen LogP contribution < -0.4 is 11.1 Å². The predicted molar refractivity (Wildman–Crippen MR) is 42.0 cm³/mol. The molecule has 58 valence electrons. The molecule has 4 N–H and O–H groups in total. The van der Waals surface area contributed by atoms with Gasteiger partial charge in [-0.15, -0.1) is 0 Å². The Hall–Kier alpha value is -0.840. The number of hydrogen-bond acceptors (Lipinski definition) is 2. The number of carbonyl (C=O) groups excluding carboxylic acids is 1. The van der Waals surface area contributed by atoms with Gasteiger partial charge in [0, 0.05) is 0 Å². The molecular formula is C5H10N2O2S. The number of thiocarbonyl (C=S) groups is 1. The third kappa shape index (κ3) is 2.63. The van der Waals surface area contributed by atoms with E-state index in [0.29, 0.717) is 0 Å². The standard InChI is InChI=1S/C5H10N2O2S/c1-5(2,3(8)10)7-4(6)9/h1-2H3,(H,8,10)(H3,6,7,9). The van der Waals surface area contributed by atoms with E-state index in [2.05, 4.69) is 17.5 Å². The number of urea groups is 1. The Kier molecular flexibility index (Phi) is 2.59. The van der Waals surface area contributed by atoms with E-state index in [1.165, 1.54) is 0 Å². The van der Waals surface area contributed by atoms with Crippen LogP contribution in [-0.4, -0.2) is 21.7 Å². The first-order valence-corrected chi connectivity index (χ1v) is 3.08. The van der Waals surface area contributed by atoms with Gasteiger partial charge in [-0.05, 0) is 26.1 Å². The number of aliphatic hydroxyl groups is 1. The summed E-state index contributed by atoms with van der Waals surface area (Å²) in [7, 11) is 0. The molecule has 0 aliphatic rings. The van der Waals surface area contributed by atoms with Crippen LogP contribution in [0, 0.1) is 0 Å². The Labute approximate surface area is 64.4 Å². The van der Waals surface area contributed by atoms with Crippen molar-refractivity contribution in [2.24, 2.45) is 5.73 Å². The van der Waals surface area contributed by atoms with E-state index in [0.717, 1.165) is 0 Å². The van der Waals surface area contributed by atoms with Crippen molar-refractivity contribution in [3.05, 3.63) is 0 Å². The van der Waals surface area contributed by atoms with Crippen molar-refractivity contribution in [1.29, 1.82) is 0 Å². The summed E-state index contributed by atoms with van der Waals surface area (Å²) in [5, 5.41) is 10.8. The molecule has 0 fully saturated rings. The predicted octanol–water partition coefficient (Wildman–Crippen LogP) is 0.319. The second-order valence-corrected chi connectivity index (χ2v) is 2.81. The van der Waals surface area contributed by atoms with Gasteiger partial charge in [-0.25, -0.2) is 4.79 Å². The summed E-state index contributed by atoms with van der Waals surface area (Å²) in [6.07, 6.45) is 0. The van der Waals surface area contributed by atoms with Gasteiger partial charge in [-0.1, -0.05) is 0 Å². The molecule has 0 heterocycles. The highest BCUT2D eigenvalue weighted by atomic mass is 32.1. The number of primary amides is 1. The van der Waals surface area contributed by atoms with Gasteiger partial charge in [-0.3, -0.25) is 0 Å². The van der Waals surface area contributed by atoms with Crippen molar-refractivity contribution < 1.29 is 9.90 Å². The van der Waals surface area contributed by atoms with Crippen LogP contribution in [0.1, 0.15) is 13.8 Å². The van der Waals surface area contributed by atoms with E-state index < -0.39 is 11.6 Å². The summed E-state index contributed by atoms with van der Waals surface area (Å²) in [4.78, 5) is 10.3. The van der Waals surface area contributed by atoms with E-state index in [1.807, 2.05) is 0 Å². The van der Waals surface area contributed by atoms with Gasteiger partial charge < -0.3 is 16.2 Å². The van der Waals surface area contributed by atoms with Gasteiger partial charge in [0.25, 0.3) is 0 Å². The van der Waals surface area contributed by atoms with E-state index in [4.69, 9.17) is 10.8 Å². The van der Waals surface area contributed by atoms with E-state index in [-0.39, 0.29) is 5.05 Å². The Bertz CT molecular complexity index is 167. The number of nitrogens with two attached hydrogens (primary N) is 1. The van der Waals surface area contributed by atoms with Gasteiger partial charge in [-0.2, -0.15) is 0 Å². The third-order valence-electron chi connectivity index (χ3n) is 0.970. The molecule has 10 heavy (non-hydrogen) atoms. The van der Waals surface area contributed by atoms with Crippen molar-refractivity contribution in [3.8, 4) is 0 Å². The molecule has 0 saturated heterocycles. The number of amides is 2. The largest absolute Gasteiger partial charge is 0.500 e. The molecule has 0 spiro atoms. The van der Waals surface area contributed by atoms with Crippen LogP contribution in [0.4, 0.5) is 4.79 Å². The summed E-state index contributed by atoms with van der Waals surface area (Å²) >= 11 is 4.44. The molecule has 0 rings (SSSR count). The highest BCUT2D eigenvalue weighted by Gasteiger charge is 2.23. The fourth-order valence-corrected chi connectivity index (χ4v) is 0.412. The average Bonchev–Trinajstić information content (AvgIpc) is 1.60. The minimum atomic E-state index is -0.916. The summed E-state index contributed by atoms with van der Waals surface area (Å²) < 4.78 is 0. The Morgan fingerprint density at radius 3 is 2.20 bits per heavy atom. The third-order valence-corrected chi connectivity index (χ3v) is 1.48. The second-order valence-electron chi connectivity index (χ2n) is 2.42. The molecule has 5 heteroatoms. The van der Waals surface area contributed by atoms with Crippen LogP contribution in [0.3, 0.4) is 0 Å². The van der Waals surface area contributed by atoms with Crippen molar-refractivity contribution in [1.82, 2.24) is 5.32 Å². The van der Waals surface area contributed by atoms with Crippen LogP contribution in [0.5, 0.6) is 0 Å². The molecule has 0 aliphatic carbocycles. The van der Waals surface area contributed by atoms with Crippen molar-refractivity contribution >= 4 is 23.3 Å². The summed E-state index contributed by atoms with van der Waals surface area (Å²) in [6, 6.07) is -0.707. The zero-order chi connectivity index (χ0) is 8.36.